The van der Waals surface area contributed by atoms with Crippen LogP contribution in [-0.4, -0.2) is 24.0 Å². The first-order valence-corrected chi connectivity index (χ1v) is 10.8. The molecule has 2 N–H and O–H groups in total. The van der Waals surface area contributed by atoms with Crippen LogP contribution in [0.5, 0.6) is 5.75 Å². The number of carbonyl (C=O) groups excluding carboxylic acids is 3. The minimum Gasteiger partial charge on any atom is -0.422 e. The third kappa shape index (κ3) is 6.27. The molecule has 0 aromatic heterocycles. The van der Waals surface area contributed by atoms with E-state index < -0.39 is 11.9 Å². The molecule has 172 valence electrons. The van der Waals surface area contributed by atoms with Crippen LogP contribution in [0, 0.1) is 0 Å². The molecule has 35 heavy (non-hydrogen) atoms. The lowest BCUT2D eigenvalue weighted by atomic mass is 10.1. The zero-order chi connectivity index (χ0) is 24.5. The van der Waals surface area contributed by atoms with Crippen LogP contribution in [0.15, 0.2) is 114 Å². The molecule has 2 amide bonds. The highest BCUT2D eigenvalue weighted by atomic mass is 16.5. The van der Waals surface area contributed by atoms with Crippen molar-refractivity contribution in [1.82, 2.24) is 5.43 Å². The van der Waals surface area contributed by atoms with Gasteiger partial charge in [-0.25, -0.2) is 10.2 Å². The summed E-state index contributed by atoms with van der Waals surface area (Å²) in [5.74, 6) is -0.840. The number of para-hydroxylation sites is 1. The van der Waals surface area contributed by atoms with E-state index in [-0.39, 0.29) is 5.91 Å². The summed E-state index contributed by atoms with van der Waals surface area (Å²) in [5, 5.41) is 6.76. The van der Waals surface area contributed by atoms with Gasteiger partial charge < -0.3 is 10.1 Å². The number of carbonyl (C=O) groups is 3. The summed E-state index contributed by atoms with van der Waals surface area (Å²) in [6, 6.07) is 30.8. The third-order valence-electron chi connectivity index (χ3n) is 4.94. The Labute approximate surface area is 202 Å². The maximum atomic E-state index is 12.4. The van der Waals surface area contributed by atoms with Gasteiger partial charge in [-0.2, -0.15) is 5.10 Å². The number of nitrogens with zero attached hydrogens (tertiary/aromatic N) is 1. The van der Waals surface area contributed by atoms with Crippen molar-refractivity contribution in [2.45, 2.75) is 0 Å². The Hall–Kier alpha value is -5.04. The Morgan fingerprint density at radius 2 is 1.20 bits per heavy atom. The zero-order valence-electron chi connectivity index (χ0n) is 18.5. The van der Waals surface area contributed by atoms with Crippen molar-refractivity contribution in [1.29, 1.82) is 0 Å². The van der Waals surface area contributed by atoms with Gasteiger partial charge in [0, 0.05) is 22.4 Å². The molecule has 0 unspecified atom stereocenters. The fraction of sp³-hybridized carbons (Fsp3) is 0. The van der Waals surface area contributed by atoms with Crippen LogP contribution in [0.1, 0.15) is 36.6 Å². The molecule has 0 aliphatic rings. The van der Waals surface area contributed by atoms with Crippen molar-refractivity contribution in [3.8, 4) is 5.75 Å². The molecule has 0 saturated carbocycles. The largest absolute Gasteiger partial charge is 0.422 e. The quantitative estimate of drug-likeness (QED) is 0.176. The predicted molar refractivity (Wildman–Crippen MR) is 134 cm³/mol. The SMILES string of the molecule is O=C(NN=Cc1ccccc1OC(=O)c1ccccc1)c1ccc(NC(=O)c2ccccc2)cc1. The highest BCUT2D eigenvalue weighted by molar-refractivity contribution is 6.04. The van der Waals surface area contributed by atoms with Gasteiger partial charge in [-0.05, 0) is 60.7 Å². The number of anilines is 1. The minimum atomic E-state index is -0.491. The molecule has 4 aromatic rings. The number of benzene rings is 4. The van der Waals surface area contributed by atoms with E-state index in [0.29, 0.717) is 33.7 Å². The second kappa shape index (κ2) is 11.2. The molecule has 7 heteroatoms. The second-order valence-corrected chi connectivity index (χ2v) is 7.39. The van der Waals surface area contributed by atoms with Crippen LogP contribution < -0.4 is 15.5 Å². The van der Waals surface area contributed by atoms with E-state index in [1.807, 2.05) is 12.1 Å². The fourth-order valence-corrected chi connectivity index (χ4v) is 3.14. The number of hydrazone groups is 1. The molecule has 0 bridgehead atoms. The lowest BCUT2D eigenvalue weighted by Gasteiger charge is -2.07. The number of amides is 2. The Balaban J connectivity index is 1.35. The molecule has 0 heterocycles. The van der Waals surface area contributed by atoms with Crippen molar-refractivity contribution in [2.75, 3.05) is 5.32 Å². The maximum absolute atomic E-state index is 12.4. The van der Waals surface area contributed by atoms with E-state index >= 15 is 0 Å². The van der Waals surface area contributed by atoms with E-state index in [9.17, 15) is 14.4 Å². The van der Waals surface area contributed by atoms with Crippen molar-refractivity contribution in [2.24, 2.45) is 5.10 Å². The van der Waals surface area contributed by atoms with Crippen molar-refractivity contribution < 1.29 is 19.1 Å². The smallest absolute Gasteiger partial charge is 0.343 e. The van der Waals surface area contributed by atoms with E-state index in [1.165, 1.54) is 6.21 Å². The minimum absolute atomic E-state index is 0.237. The highest BCUT2D eigenvalue weighted by Gasteiger charge is 2.11. The molecule has 0 radical (unpaired) electrons. The van der Waals surface area contributed by atoms with E-state index in [4.69, 9.17) is 4.74 Å². The average molecular weight is 463 g/mol. The van der Waals surface area contributed by atoms with Gasteiger partial charge >= 0.3 is 5.97 Å². The Kier molecular flexibility index (Phi) is 7.40. The van der Waals surface area contributed by atoms with Gasteiger partial charge in [0.15, 0.2) is 0 Å². The summed E-state index contributed by atoms with van der Waals surface area (Å²) < 4.78 is 5.47. The van der Waals surface area contributed by atoms with Gasteiger partial charge in [0.1, 0.15) is 5.75 Å². The number of rotatable bonds is 7. The van der Waals surface area contributed by atoms with Gasteiger partial charge in [0.25, 0.3) is 11.8 Å². The van der Waals surface area contributed by atoms with Crippen LogP contribution in [0.3, 0.4) is 0 Å². The van der Waals surface area contributed by atoms with E-state index in [2.05, 4.69) is 15.8 Å². The van der Waals surface area contributed by atoms with Crippen molar-refractivity contribution >= 4 is 29.7 Å². The lowest BCUT2D eigenvalue weighted by molar-refractivity contribution is 0.0734. The van der Waals surface area contributed by atoms with Gasteiger partial charge in [-0.1, -0.05) is 48.5 Å². The third-order valence-corrected chi connectivity index (χ3v) is 4.94. The van der Waals surface area contributed by atoms with Gasteiger partial charge in [-0.15, -0.1) is 0 Å². The molecule has 0 aliphatic heterocycles. The second-order valence-electron chi connectivity index (χ2n) is 7.39. The number of hydrogen-bond acceptors (Lipinski definition) is 5. The average Bonchev–Trinajstić information content (AvgIpc) is 2.91. The summed E-state index contributed by atoms with van der Waals surface area (Å²) in [6.45, 7) is 0. The van der Waals surface area contributed by atoms with Crippen LogP contribution in [-0.2, 0) is 0 Å². The summed E-state index contributed by atoms with van der Waals surface area (Å²) in [6.07, 6.45) is 1.40. The number of nitrogens with one attached hydrogen (secondary N) is 2. The zero-order valence-corrected chi connectivity index (χ0v) is 18.5. The Bertz CT molecular complexity index is 1350. The first-order valence-electron chi connectivity index (χ1n) is 10.8. The molecule has 0 fully saturated rings. The van der Waals surface area contributed by atoms with Crippen LogP contribution in [0.4, 0.5) is 5.69 Å². The van der Waals surface area contributed by atoms with E-state index in [0.717, 1.165) is 0 Å². The molecule has 0 aliphatic carbocycles. The number of hydrogen-bond donors (Lipinski definition) is 2. The molecule has 4 aromatic carbocycles. The maximum Gasteiger partial charge on any atom is 0.343 e. The fourth-order valence-electron chi connectivity index (χ4n) is 3.14. The lowest BCUT2D eigenvalue weighted by Crippen LogP contribution is -2.18. The highest BCUT2D eigenvalue weighted by Crippen LogP contribution is 2.18. The van der Waals surface area contributed by atoms with Crippen molar-refractivity contribution in [3.63, 3.8) is 0 Å². The number of ether oxygens (including phenoxy) is 1. The Morgan fingerprint density at radius 3 is 1.89 bits per heavy atom. The Morgan fingerprint density at radius 1 is 0.629 bits per heavy atom. The monoisotopic (exact) mass is 463 g/mol. The van der Waals surface area contributed by atoms with Crippen LogP contribution in [0.2, 0.25) is 0 Å². The number of esters is 1. The van der Waals surface area contributed by atoms with E-state index in [1.54, 1.807) is 97.1 Å². The summed E-state index contributed by atoms with van der Waals surface area (Å²) in [5.41, 5.74) is 4.87. The first kappa shape index (κ1) is 23.1. The molecule has 7 nitrogen and oxygen atoms in total. The molecule has 0 saturated heterocycles. The predicted octanol–water partition coefficient (Wildman–Crippen LogP) is 4.92. The normalized spacial score (nSPS) is 10.5. The van der Waals surface area contributed by atoms with Crippen LogP contribution >= 0.6 is 0 Å². The topological polar surface area (TPSA) is 96.9 Å². The van der Waals surface area contributed by atoms with Gasteiger partial charge in [0.05, 0.1) is 11.8 Å². The standard InChI is InChI=1S/C28H21N3O4/c32-26(20-9-3-1-4-10-20)30-24-17-15-21(16-18-24)27(33)31-29-19-23-13-7-8-14-25(23)35-28(34)22-11-5-2-6-12-22/h1-19H,(H,30,32)(H,31,33). The summed E-state index contributed by atoms with van der Waals surface area (Å²) in [7, 11) is 0. The molecule has 0 atom stereocenters. The molecular weight excluding hydrogens is 442 g/mol. The summed E-state index contributed by atoms with van der Waals surface area (Å²) in [4.78, 5) is 37.0. The molecule has 4 rings (SSSR count). The van der Waals surface area contributed by atoms with Crippen molar-refractivity contribution in [3.05, 3.63) is 131 Å². The van der Waals surface area contributed by atoms with Gasteiger partial charge in [0.2, 0.25) is 0 Å². The summed E-state index contributed by atoms with van der Waals surface area (Å²) >= 11 is 0. The van der Waals surface area contributed by atoms with Crippen LogP contribution in [0.25, 0.3) is 0 Å². The molecular formula is C28H21N3O4. The van der Waals surface area contributed by atoms with Gasteiger partial charge in [-0.3, -0.25) is 9.59 Å². The first-order chi connectivity index (χ1) is 17.1. The molecule has 0 spiro atoms.